The first-order chi connectivity index (χ1) is 10.5. The van der Waals surface area contributed by atoms with Crippen molar-refractivity contribution in [3.63, 3.8) is 0 Å². The first-order valence-corrected chi connectivity index (χ1v) is 8.16. The Kier molecular flexibility index (Phi) is 5.77. The summed E-state index contributed by atoms with van der Waals surface area (Å²) in [6.45, 7) is 0. The maximum absolute atomic E-state index is 13.0. The summed E-state index contributed by atoms with van der Waals surface area (Å²) < 4.78 is 37.6. The van der Waals surface area contributed by atoms with Gasteiger partial charge in [-0.25, -0.2) is 8.78 Å². The molecule has 116 valence electrons. The van der Waals surface area contributed by atoms with Crippen molar-refractivity contribution in [2.24, 2.45) is 0 Å². The van der Waals surface area contributed by atoms with Crippen molar-refractivity contribution in [1.82, 2.24) is 0 Å². The molecule has 0 aliphatic carbocycles. The summed E-state index contributed by atoms with van der Waals surface area (Å²) >= 11 is 0. The van der Waals surface area contributed by atoms with Crippen LogP contribution in [0.5, 0.6) is 0 Å². The van der Waals surface area contributed by atoms with Gasteiger partial charge in [-0.2, -0.15) is 0 Å². The summed E-state index contributed by atoms with van der Waals surface area (Å²) in [6, 6.07) is 11.3. The third-order valence-corrected chi connectivity index (χ3v) is 4.22. The highest BCUT2D eigenvalue weighted by Crippen LogP contribution is 2.10. The van der Waals surface area contributed by atoms with E-state index in [4.69, 9.17) is 0 Å². The highest BCUT2D eigenvalue weighted by Gasteiger charge is 2.08. The van der Waals surface area contributed by atoms with Crippen LogP contribution >= 0.6 is 0 Å². The first kappa shape index (κ1) is 16.3. The second-order valence-electron chi connectivity index (χ2n) is 4.72. The Labute approximate surface area is 129 Å². The van der Waals surface area contributed by atoms with Gasteiger partial charge in [-0.15, -0.1) is 0 Å². The molecule has 0 saturated carbocycles. The Morgan fingerprint density at radius 3 is 2.45 bits per heavy atom. The molecular formula is C16H15F2NO2S. The number of anilines is 1. The molecule has 2 aromatic rings. The molecule has 1 unspecified atom stereocenters. The summed E-state index contributed by atoms with van der Waals surface area (Å²) in [5.74, 6) is -0.651. The summed E-state index contributed by atoms with van der Waals surface area (Å²) in [5.41, 5.74) is 1.12. The normalized spacial score (nSPS) is 11.9. The quantitative estimate of drug-likeness (QED) is 0.887. The predicted octanol–water partition coefficient (Wildman–Crippen LogP) is 3.24. The largest absolute Gasteiger partial charge is 0.326 e. The standard InChI is InChI=1S/C16H15F2NO2S/c17-13-4-6-15(7-5-13)19-16(20)8-9-22(21)11-12-2-1-3-14(18)10-12/h1-7,10H,8-9,11H2,(H,19,20). The molecule has 0 fully saturated rings. The van der Waals surface area contributed by atoms with Crippen LogP contribution in [0.15, 0.2) is 48.5 Å². The van der Waals surface area contributed by atoms with Crippen molar-refractivity contribution < 1.29 is 17.8 Å². The molecule has 0 saturated heterocycles. The SMILES string of the molecule is O=C(CCS(=O)Cc1cccc(F)c1)Nc1ccc(F)cc1. The van der Waals surface area contributed by atoms with Gasteiger partial charge in [-0.05, 0) is 42.0 Å². The molecule has 2 rings (SSSR count). The maximum atomic E-state index is 13.0. The molecule has 1 atom stereocenters. The molecule has 22 heavy (non-hydrogen) atoms. The van der Waals surface area contributed by atoms with E-state index in [-0.39, 0.29) is 35.5 Å². The predicted molar refractivity (Wildman–Crippen MR) is 82.8 cm³/mol. The lowest BCUT2D eigenvalue weighted by Crippen LogP contribution is -2.15. The van der Waals surface area contributed by atoms with Crippen LogP contribution in [0.1, 0.15) is 12.0 Å². The minimum Gasteiger partial charge on any atom is -0.326 e. The lowest BCUT2D eigenvalue weighted by molar-refractivity contribution is -0.115. The van der Waals surface area contributed by atoms with Gasteiger partial charge in [0.05, 0.1) is 0 Å². The minimum absolute atomic E-state index is 0.0826. The second kappa shape index (κ2) is 7.79. The Morgan fingerprint density at radius 2 is 1.77 bits per heavy atom. The number of halogens is 2. The zero-order valence-corrected chi connectivity index (χ0v) is 12.5. The lowest BCUT2D eigenvalue weighted by Gasteiger charge is -2.05. The first-order valence-electron chi connectivity index (χ1n) is 6.68. The van der Waals surface area contributed by atoms with Gasteiger partial charge in [-0.3, -0.25) is 9.00 Å². The molecule has 3 nitrogen and oxygen atoms in total. The van der Waals surface area contributed by atoms with E-state index in [2.05, 4.69) is 5.32 Å². The Hall–Kier alpha value is -2.08. The van der Waals surface area contributed by atoms with Crippen LogP contribution in [0.4, 0.5) is 14.5 Å². The zero-order chi connectivity index (χ0) is 15.9. The fraction of sp³-hybridized carbons (Fsp3) is 0.188. The Morgan fingerprint density at radius 1 is 1.05 bits per heavy atom. The van der Waals surface area contributed by atoms with Gasteiger partial charge in [0.15, 0.2) is 0 Å². The number of nitrogens with one attached hydrogen (secondary N) is 1. The number of benzene rings is 2. The van der Waals surface area contributed by atoms with E-state index in [1.54, 1.807) is 12.1 Å². The smallest absolute Gasteiger partial charge is 0.225 e. The number of hydrogen-bond donors (Lipinski definition) is 1. The summed E-state index contributed by atoms with van der Waals surface area (Å²) in [7, 11) is -1.25. The molecule has 2 aromatic carbocycles. The molecule has 0 heterocycles. The summed E-state index contributed by atoms with van der Waals surface area (Å²) in [6.07, 6.45) is 0.0826. The van der Waals surface area contributed by atoms with Crippen LogP contribution < -0.4 is 5.32 Å². The Balaban J connectivity index is 1.78. The fourth-order valence-corrected chi connectivity index (χ4v) is 2.96. The van der Waals surface area contributed by atoms with Gasteiger partial charge >= 0.3 is 0 Å². The summed E-state index contributed by atoms with van der Waals surface area (Å²) in [5, 5.41) is 2.60. The molecule has 0 aliphatic rings. The molecular weight excluding hydrogens is 308 g/mol. The van der Waals surface area contributed by atoms with Gasteiger partial charge in [0.2, 0.25) is 5.91 Å². The van der Waals surface area contributed by atoms with Crippen molar-refractivity contribution in [2.45, 2.75) is 12.2 Å². The van der Waals surface area contributed by atoms with Gasteiger partial charge < -0.3 is 5.32 Å². The average molecular weight is 323 g/mol. The second-order valence-corrected chi connectivity index (χ2v) is 6.30. The third kappa shape index (κ3) is 5.37. The van der Waals surface area contributed by atoms with E-state index < -0.39 is 10.8 Å². The molecule has 1 amide bonds. The van der Waals surface area contributed by atoms with Gasteiger partial charge in [0.25, 0.3) is 0 Å². The fourth-order valence-electron chi connectivity index (χ4n) is 1.85. The number of amides is 1. The van der Waals surface area contributed by atoms with Crippen LogP contribution in [0.2, 0.25) is 0 Å². The van der Waals surface area contributed by atoms with Crippen molar-refractivity contribution in [3.8, 4) is 0 Å². The van der Waals surface area contributed by atoms with Gasteiger partial charge in [0, 0.05) is 34.4 Å². The van der Waals surface area contributed by atoms with Crippen molar-refractivity contribution in [2.75, 3.05) is 11.1 Å². The third-order valence-electron chi connectivity index (χ3n) is 2.90. The minimum atomic E-state index is -1.25. The van der Waals surface area contributed by atoms with E-state index in [9.17, 15) is 17.8 Å². The van der Waals surface area contributed by atoms with E-state index in [0.29, 0.717) is 11.3 Å². The maximum Gasteiger partial charge on any atom is 0.225 e. The van der Waals surface area contributed by atoms with Gasteiger partial charge in [0.1, 0.15) is 11.6 Å². The van der Waals surface area contributed by atoms with Crippen LogP contribution in [-0.2, 0) is 21.3 Å². The van der Waals surface area contributed by atoms with E-state index in [1.165, 1.54) is 36.4 Å². The summed E-state index contributed by atoms with van der Waals surface area (Å²) in [4.78, 5) is 11.7. The molecule has 0 aromatic heterocycles. The Bertz CT molecular complexity index is 674. The van der Waals surface area contributed by atoms with Crippen LogP contribution in [-0.4, -0.2) is 15.9 Å². The highest BCUT2D eigenvalue weighted by molar-refractivity contribution is 7.84. The number of carbonyl (C=O) groups is 1. The number of carbonyl (C=O) groups excluding carboxylic acids is 1. The molecule has 6 heteroatoms. The van der Waals surface area contributed by atoms with E-state index in [0.717, 1.165) is 0 Å². The number of rotatable bonds is 6. The van der Waals surface area contributed by atoms with Gasteiger partial charge in [-0.1, -0.05) is 12.1 Å². The zero-order valence-electron chi connectivity index (χ0n) is 11.7. The topological polar surface area (TPSA) is 46.2 Å². The van der Waals surface area contributed by atoms with Crippen molar-refractivity contribution in [3.05, 3.63) is 65.7 Å². The van der Waals surface area contributed by atoms with Crippen LogP contribution in [0, 0.1) is 11.6 Å². The van der Waals surface area contributed by atoms with Crippen LogP contribution in [0.3, 0.4) is 0 Å². The van der Waals surface area contributed by atoms with Crippen molar-refractivity contribution >= 4 is 22.4 Å². The van der Waals surface area contributed by atoms with E-state index >= 15 is 0 Å². The van der Waals surface area contributed by atoms with Crippen LogP contribution in [0.25, 0.3) is 0 Å². The molecule has 0 bridgehead atoms. The molecule has 0 radical (unpaired) electrons. The number of hydrogen-bond acceptors (Lipinski definition) is 2. The van der Waals surface area contributed by atoms with E-state index in [1.807, 2.05) is 0 Å². The van der Waals surface area contributed by atoms with Crippen molar-refractivity contribution in [1.29, 1.82) is 0 Å². The molecule has 1 N–H and O–H groups in total. The average Bonchev–Trinajstić information content (AvgIpc) is 2.48. The monoisotopic (exact) mass is 323 g/mol. The molecule has 0 aliphatic heterocycles. The highest BCUT2D eigenvalue weighted by atomic mass is 32.2. The lowest BCUT2D eigenvalue weighted by atomic mass is 10.2. The molecule has 0 spiro atoms.